The number of sulfonamides is 1. The van der Waals surface area contributed by atoms with E-state index in [0.717, 1.165) is 28.1 Å². The minimum atomic E-state index is -3.83. The lowest BCUT2D eigenvalue weighted by Gasteiger charge is -2.13. The lowest BCUT2D eigenvalue weighted by Crippen LogP contribution is -2.12. The molecule has 0 saturated heterocycles. The van der Waals surface area contributed by atoms with Crippen molar-refractivity contribution in [3.8, 4) is 34.0 Å². The minimum Gasteiger partial charge on any atom is -0.407 e. The second-order valence-corrected chi connectivity index (χ2v) is 12.5. The number of esters is 1. The molecule has 0 atom stereocenters. The summed E-state index contributed by atoms with van der Waals surface area (Å²) in [6, 6.07) is 26.7. The van der Waals surface area contributed by atoms with Crippen molar-refractivity contribution in [1.29, 1.82) is 0 Å². The summed E-state index contributed by atoms with van der Waals surface area (Å²) in [6.45, 7) is 5.34. The van der Waals surface area contributed by atoms with Gasteiger partial charge in [-0.05, 0) is 79.6 Å². The van der Waals surface area contributed by atoms with E-state index in [2.05, 4.69) is 4.72 Å². The molecule has 0 aliphatic heterocycles. The molecule has 0 aliphatic carbocycles. The Kier molecular flexibility index (Phi) is 8.30. The number of anilines is 2. The van der Waals surface area contributed by atoms with Crippen molar-refractivity contribution < 1.29 is 17.9 Å². The zero-order chi connectivity index (χ0) is 30.9. The molecule has 0 aliphatic rings. The Morgan fingerprint density at radius 2 is 1.51 bits per heavy atom. The number of nitrogens with one attached hydrogen (secondary N) is 1. The van der Waals surface area contributed by atoms with Gasteiger partial charge in [0.05, 0.1) is 16.1 Å². The molecule has 4 aromatic carbocycles. The first-order chi connectivity index (χ1) is 20.4. The molecule has 1 N–H and O–H groups in total. The highest BCUT2D eigenvalue weighted by molar-refractivity contribution is 7.92. The Morgan fingerprint density at radius 3 is 2.09 bits per heavy atom. The number of aromatic nitrogens is 2. The van der Waals surface area contributed by atoms with E-state index in [-0.39, 0.29) is 10.8 Å². The van der Waals surface area contributed by atoms with E-state index in [1.165, 1.54) is 31.2 Å². The van der Waals surface area contributed by atoms with Gasteiger partial charge in [-0.3, -0.25) is 9.52 Å². The van der Waals surface area contributed by atoms with E-state index in [4.69, 9.17) is 21.4 Å². The van der Waals surface area contributed by atoms with E-state index < -0.39 is 16.0 Å². The highest BCUT2D eigenvalue weighted by Crippen LogP contribution is 2.42. The molecule has 0 bridgehead atoms. The summed E-state index contributed by atoms with van der Waals surface area (Å²) in [4.78, 5) is 14.5. The maximum atomic E-state index is 12.9. The van der Waals surface area contributed by atoms with Crippen molar-refractivity contribution in [3.63, 3.8) is 0 Å². The number of rotatable bonds is 8. The van der Waals surface area contributed by atoms with Gasteiger partial charge in [-0.15, -0.1) is 0 Å². The number of benzene rings is 4. The molecule has 220 valence electrons. The molecule has 1 aromatic heterocycles. The molecular formula is C33H31ClN4O4S. The zero-order valence-corrected chi connectivity index (χ0v) is 26.0. The van der Waals surface area contributed by atoms with Crippen LogP contribution in [0.4, 0.5) is 11.4 Å². The quantitative estimate of drug-likeness (QED) is 0.185. The van der Waals surface area contributed by atoms with Crippen LogP contribution in [0.15, 0.2) is 95.9 Å². The number of hydrogen-bond acceptors (Lipinski definition) is 6. The number of aryl methyl sites for hydroxylation is 2. The van der Waals surface area contributed by atoms with E-state index >= 15 is 0 Å². The van der Waals surface area contributed by atoms with Crippen LogP contribution in [0.2, 0.25) is 5.02 Å². The van der Waals surface area contributed by atoms with Crippen LogP contribution in [0.1, 0.15) is 18.1 Å². The Bertz CT molecular complexity index is 1900. The summed E-state index contributed by atoms with van der Waals surface area (Å²) in [6.07, 6.45) is 0. The summed E-state index contributed by atoms with van der Waals surface area (Å²) in [7, 11) is 0.106. The fourth-order valence-electron chi connectivity index (χ4n) is 4.75. The van der Waals surface area contributed by atoms with Gasteiger partial charge in [0.1, 0.15) is 5.69 Å². The van der Waals surface area contributed by atoms with Gasteiger partial charge in [-0.1, -0.05) is 53.6 Å². The average molecular weight is 615 g/mol. The molecule has 10 heteroatoms. The Morgan fingerprint density at radius 1 is 0.884 bits per heavy atom. The second kappa shape index (κ2) is 11.9. The molecule has 0 spiro atoms. The number of carbonyl (C=O) groups is 1. The standard InChI is InChI=1S/C33H31ClN4O4S/c1-21-6-19-30(22(2)20-21)38-33(42-23(3)39)31(32(35-38)25-9-15-28(16-10-25)37(4)5)24-7-13-27(14-8-24)36-43(40,41)29-17-11-26(34)12-18-29/h6-20,36H,1-5H3. The van der Waals surface area contributed by atoms with Gasteiger partial charge >= 0.3 is 5.97 Å². The summed E-state index contributed by atoms with van der Waals surface area (Å²) in [5.41, 5.74) is 6.94. The topological polar surface area (TPSA) is 93.5 Å². The summed E-state index contributed by atoms with van der Waals surface area (Å²) >= 11 is 5.92. The van der Waals surface area contributed by atoms with E-state index in [0.29, 0.717) is 27.5 Å². The van der Waals surface area contributed by atoms with Gasteiger partial charge in [0.2, 0.25) is 5.88 Å². The SMILES string of the molecule is CC(=O)Oc1c(-c2ccc(NS(=O)(=O)c3ccc(Cl)cc3)cc2)c(-c2ccc(N(C)C)cc2)nn1-c1ccc(C)cc1C. The highest BCUT2D eigenvalue weighted by Gasteiger charge is 2.25. The molecule has 0 fully saturated rings. The van der Waals surface area contributed by atoms with Crippen LogP contribution < -0.4 is 14.4 Å². The highest BCUT2D eigenvalue weighted by atomic mass is 35.5. The smallest absolute Gasteiger partial charge is 0.309 e. The molecule has 0 saturated carbocycles. The molecule has 43 heavy (non-hydrogen) atoms. The van der Waals surface area contributed by atoms with E-state index in [9.17, 15) is 13.2 Å². The van der Waals surface area contributed by atoms with Crippen molar-refractivity contribution >= 4 is 39.0 Å². The fourth-order valence-corrected chi connectivity index (χ4v) is 5.94. The van der Waals surface area contributed by atoms with Gasteiger partial charge in [0.15, 0.2) is 0 Å². The lowest BCUT2D eigenvalue weighted by molar-refractivity contribution is -0.132. The Labute approximate surface area is 256 Å². The van der Waals surface area contributed by atoms with Crippen LogP contribution in [-0.4, -0.2) is 38.3 Å². The fraction of sp³-hybridized carbons (Fsp3) is 0.152. The first-order valence-corrected chi connectivity index (χ1v) is 15.3. The van der Waals surface area contributed by atoms with Gasteiger partial charge in [-0.2, -0.15) is 9.78 Å². The largest absolute Gasteiger partial charge is 0.407 e. The van der Waals surface area contributed by atoms with Crippen LogP contribution in [0.3, 0.4) is 0 Å². The zero-order valence-electron chi connectivity index (χ0n) is 24.4. The predicted molar refractivity (Wildman–Crippen MR) is 172 cm³/mol. The number of hydrogen-bond donors (Lipinski definition) is 1. The average Bonchev–Trinajstić information content (AvgIpc) is 3.31. The van der Waals surface area contributed by atoms with Gasteiger partial charge in [-0.25, -0.2) is 8.42 Å². The molecular weight excluding hydrogens is 584 g/mol. The van der Waals surface area contributed by atoms with Crippen LogP contribution in [-0.2, 0) is 14.8 Å². The third-order valence-corrected chi connectivity index (χ3v) is 8.52. The first-order valence-electron chi connectivity index (χ1n) is 13.5. The second-order valence-electron chi connectivity index (χ2n) is 10.4. The van der Waals surface area contributed by atoms with Crippen molar-refractivity contribution in [2.45, 2.75) is 25.7 Å². The number of ether oxygens (including phenoxy) is 1. The van der Waals surface area contributed by atoms with Crippen molar-refractivity contribution in [2.75, 3.05) is 23.7 Å². The summed E-state index contributed by atoms with van der Waals surface area (Å²) < 4.78 is 36.0. The van der Waals surface area contributed by atoms with E-state index in [1.807, 2.05) is 75.3 Å². The van der Waals surface area contributed by atoms with Gasteiger partial charge in [0, 0.05) is 43.0 Å². The van der Waals surface area contributed by atoms with Crippen LogP contribution in [0, 0.1) is 13.8 Å². The maximum Gasteiger partial charge on any atom is 0.309 e. The summed E-state index contributed by atoms with van der Waals surface area (Å²) in [5.74, 6) is -0.227. The summed E-state index contributed by atoms with van der Waals surface area (Å²) in [5, 5.41) is 5.42. The molecule has 0 amide bonds. The lowest BCUT2D eigenvalue weighted by atomic mass is 10.0. The van der Waals surface area contributed by atoms with E-state index in [1.54, 1.807) is 28.9 Å². The minimum absolute atomic E-state index is 0.0938. The molecule has 5 rings (SSSR count). The molecule has 0 radical (unpaired) electrons. The molecule has 0 unspecified atom stereocenters. The van der Waals surface area contributed by atoms with Crippen LogP contribution in [0.25, 0.3) is 28.1 Å². The maximum absolute atomic E-state index is 12.9. The number of halogens is 1. The van der Waals surface area contributed by atoms with Crippen molar-refractivity contribution in [3.05, 3.63) is 107 Å². The molecule has 5 aromatic rings. The Balaban J connectivity index is 1.65. The number of carbonyl (C=O) groups excluding carboxylic acids is 1. The third kappa shape index (κ3) is 6.43. The van der Waals surface area contributed by atoms with Crippen LogP contribution in [0.5, 0.6) is 5.88 Å². The van der Waals surface area contributed by atoms with Crippen molar-refractivity contribution in [2.24, 2.45) is 0 Å². The van der Waals surface area contributed by atoms with Crippen molar-refractivity contribution in [1.82, 2.24) is 9.78 Å². The van der Waals surface area contributed by atoms with Gasteiger partial charge < -0.3 is 9.64 Å². The predicted octanol–water partition coefficient (Wildman–Crippen LogP) is 7.27. The molecule has 1 heterocycles. The first kappa shape index (κ1) is 29.9. The van der Waals surface area contributed by atoms with Crippen LogP contribution >= 0.6 is 11.6 Å². The number of nitrogens with zero attached hydrogens (tertiary/aromatic N) is 3. The normalized spacial score (nSPS) is 11.3. The monoisotopic (exact) mass is 614 g/mol. The van der Waals surface area contributed by atoms with Gasteiger partial charge in [0.25, 0.3) is 10.0 Å². The Hall–Kier alpha value is -4.60. The third-order valence-electron chi connectivity index (χ3n) is 6.87. The molecule has 8 nitrogen and oxygen atoms in total.